The van der Waals surface area contributed by atoms with E-state index in [1.54, 1.807) is 0 Å². The average molecular weight is 309 g/mol. The van der Waals surface area contributed by atoms with E-state index in [9.17, 15) is 4.79 Å². The SMILES string of the molecule is CCCCC=CCCCCCCCCCC=CCCC(=O)O. The summed E-state index contributed by atoms with van der Waals surface area (Å²) in [5.74, 6) is -0.707. The quantitative estimate of drug-likeness (QED) is 0.255. The second-order valence-corrected chi connectivity index (χ2v) is 6.07. The summed E-state index contributed by atoms with van der Waals surface area (Å²) in [5.41, 5.74) is 0. The maximum absolute atomic E-state index is 10.3. The maximum Gasteiger partial charge on any atom is 0.303 e. The van der Waals surface area contributed by atoms with Crippen molar-refractivity contribution in [1.82, 2.24) is 0 Å². The van der Waals surface area contributed by atoms with Crippen molar-refractivity contribution in [3.05, 3.63) is 24.3 Å². The van der Waals surface area contributed by atoms with Crippen molar-refractivity contribution in [3.8, 4) is 0 Å². The molecule has 0 aromatic heterocycles. The summed E-state index contributed by atoms with van der Waals surface area (Å²) in [6.45, 7) is 2.24. The third-order valence-corrected chi connectivity index (χ3v) is 3.82. The lowest BCUT2D eigenvalue weighted by Crippen LogP contribution is -1.91. The van der Waals surface area contributed by atoms with Crippen molar-refractivity contribution >= 4 is 5.97 Å². The highest BCUT2D eigenvalue weighted by Gasteiger charge is 1.92. The third-order valence-electron chi connectivity index (χ3n) is 3.82. The summed E-state index contributed by atoms with van der Waals surface area (Å²) in [6, 6.07) is 0. The van der Waals surface area contributed by atoms with Crippen molar-refractivity contribution in [2.45, 2.75) is 96.8 Å². The van der Waals surface area contributed by atoms with Crippen LogP contribution in [0.1, 0.15) is 96.8 Å². The Kier molecular flexibility index (Phi) is 17.1. The highest BCUT2D eigenvalue weighted by Crippen LogP contribution is 2.10. The van der Waals surface area contributed by atoms with E-state index < -0.39 is 5.97 Å². The van der Waals surface area contributed by atoms with Gasteiger partial charge in [-0.25, -0.2) is 0 Å². The summed E-state index contributed by atoms with van der Waals surface area (Å²) < 4.78 is 0. The second kappa shape index (κ2) is 18.0. The first-order valence-corrected chi connectivity index (χ1v) is 9.29. The average Bonchev–Trinajstić information content (AvgIpc) is 2.50. The monoisotopic (exact) mass is 308 g/mol. The van der Waals surface area contributed by atoms with Crippen LogP contribution < -0.4 is 0 Å². The number of unbranched alkanes of at least 4 members (excludes halogenated alkanes) is 10. The maximum atomic E-state index is 10.3. The number of aliphatic carboxylic acids is 1. The smallest absolute Gasteiger partial charge is 0.303 e. The topological polar surface area (TPSA) is 37.3 Å². The number of rotatable bonds is 16. The summed E-state index contributed by atoms with van der Waals surface area (Å²) >= 11 is 0. The number of carbonyl (C=O) groups is 1. The highest BCUT2D eigenvalue weighted by atomic mass is 16.4. The molecule has 0 aromatic carbocycles. The van der Waals surface area contributed by atoms with Gasteiger partial charge in [-0.15, -0.1) is 0 Å². The van der Waals surface area contributed by atoms with Gasteiger partial charge in [-0.3, -0.25) is 4.79 Å². The minimum atomic E-state index is -0.707. The predicted octanol–water partition coefficient (Wildman–Crippen LogP) is 6.66. The van der Waals surface area contributed by atoms with Gasteiger partial charge < -0.3 is 5.11 Å². The normalized spacial score (nSPS) is 11.7. The summed E-state index contributed by atoms with van der Waals surface area (Å²) in [5, 5.41) is 8.50. The zero-order valence-electron chi connectivity index (χ0n) is 14.6. The van der Waals surface area contributed by atoms with Gasteiger partial charge in [0.1, 0.15) is 0 Å². The van der Waals surface area contributed by atoms with Crippen LogP contribution in [-0.2, 0) is 4.79 Å². The molecule has 0 spiro atoms. The molecule has 22 heavy (non-hydrogen) atoms. The minimum Gasteiger partial charge on any atom is -0.481 e. The predicted molar refractivity (Wildman–Crippen MR) is 96.2 cm³/mol. The Morgan fingerprint density at radius 3 is 1.55 bits per heavy atom. The van der Waals surface area contributed by atoms with Gasteiger partial charge in [-0.2, -0.15) is 0 Å². The Morgan fingerprint density at radius 2 is 1.09 bits per heavy atom. The van der Waals surface area contributed by atoms with Gasteiger partial charge in [0.2, 0.25) is 0 Å². The first kappa shape index (κ1) is 20.9. The zero-order valence-corrected chi connectivity index (χ0v) is 14.6. The molecular formula is C20H36O2. The molecule has 1 N–H and O–H groups in total. The molecule has 0 aliphatic rings. The van der Waals surface area contributed by atoms with Gasteiger partial charge in [-0.05, 0) is 38.5 Å². The van der Waals surface area contributed by atoms with Crippen molar-refractivity contribution in [2.24, 2.45) is 0 Å². The molecule has 0 aliphatic heterocycles. The van der Waals surface area contributed by atoms with E-state index >= 15 is 0 Å². The summed E-state index contributed by atoms with van der Waals surface area (Å²) in [4.78, 5) is 10.3. The number of allylic oxidation sites excluding steroid dienone is 4. The van der Waals surface area contributed by atoms with Gasteiger partial charge in [-0.1, -0.05) is 76.2 Å². The van der Waals surface area contributed by atoms with Gasteiger partial charge in [0, 0.05) is 6.42 Å². The molecule has 0 amide bonds. The van der Waals surface area contributed by atoms with E-state index in [2.05, 4.69) is 25.2 Å². The summed E-state index contributed by atoms with van der Waals surface area (Å²) in [7, 11) is 0. The van der Waals surface area contributed by atoms with E-state index in [0.29, 0.717) is 6.42 Å². The number of hydrogen-bond donors (Lipinski definition) is 1. The molecule has 0 bridgehead atoms. The fourth-order valence-corrected chi connectivity index (χ4v) is 2.41. The van der Waals surface area contributed by atoms with Gasteiger partial charge in [0.25, 0.3) is 0 Å². The molecule has 0 radical (unpaired) electrons. The van der Waals surface area contributed by atoms with E-state index in [1.807, 2.05) is 6.08 Å². The molecule has 0 aromatic rings. The van der Waals surface area contributed by atoms with Crippen LogP contribution in [0.3, 0.4) is 0 Å². The molecule has 0 heterocycles. The largest absolute Gasteiger partial charge is 0.481 e. The van der Waals surface area contributed by atoms with Gasteiger partial charge in [0.15, 0.2) is 0 Å². The Balaban J connectivity index is 3.11. The van der Waals surface area contributed by atoms with E-state index in [0.717, 1.165) is 6.42 Å². The Hall–Kier alpha value is -1.05. The molecule has 0 rings (SSSR count). The van der Waals surface area contributed by atoms with E-state index in [1.165, 1.54) is 70.6 Å². The molecular weight excluding hydrogens is 272 g/mol. The fraction of sp³-hybridized carbons (Fsp3) is 0.750. The highest BCUT2D eigenvalue weighted by molar-refractivity contribution is 5.66. The van der Waals surface area contributed by atoms with E-state index in [4.69, 9.17) is 5.11 Å². The fourth-order valence-electron chi connectivity index (χ4n) is 2.41. The van der Waals surface area contributed by atoms with Crippen LogP contribution in [0.2, 0.25) is 0 Å². The lowest BCUT2D eigenvalue weighted by molar-refractivity contribution is -0.136. The molecule has 2 heteroatoms. The van der Waals surface area contributed by atoms with Crippen molar-refractivity contribution < 1.29 is 9.90 Å². The lowest BCUT2D eigenvalue weighted by Gasteiger charge is -2.00. The number of carboxylic acids is 1. The molecule has 0 unspecified atom stereocenters. The van der Waals surface area contributed by atoms with Crippen LogP contribution in [-0.4, -0.2) is 11.1 Å². The molecule has 2 nitrogen and oxygen atoms in total. The van der Waals surface area contributed by atoms with Crippen LogP contribution in [0, 0.1) is 0 Å². The van der Waals surface area contributed by atoms with Gasteiger partial charge >= 0.3 is 5.97 Å². The Morgan fingerprint density at radius 1 is 0.682 bits per heavy atom. The second-order valence-electron chi connectivity index (χ2n) is 6.07. The van der Waals surface area contributed by atoms with Crippen LogP contribution in [0.25, 0.3) is 0 Å². The lowest BCUT2D eigenvalue weighted by atomic mass is 10.1. The molecule has 0 saturated carbocycles. The Labute approximate surface area is 137 Å². The first-order chi connectivity index (χ1) is 10.8. The number of carboxylic acid groups (broad SMARTS) is 1. The molecule has 0 fully saturated rings. The Bertz CT molecular complexity index is 292. The zero-order chi connectivity index (χ0) is 16.3. The molecule has 0 atom stereocenters. The van der Waals surface area contributed by atoms with E-state index in [-0.39, 0.29) is 6.42 Å². The standard InChI is InChI=1S/C20H36O2/c1-2-3-4-5-6-7-8-9-10-11-12-13-14-15-16-17-18-19-20(21)22/h5-6,16-17H,2-4,7-15,18-19H2,1H3,(H,21,22). The van der Waals surface area contributed by atoms with Gasteiger partial charge in [0.05, 0.1) is 0 Å². The van der Waals surface area contributed by atoms with Crippen LogP contribution in [0.15, 0.2) is 24.3 Å². The van der Waals surface area contributed by atoms with Crippen LogP contribution in [0.5, 0.6) is 0 Å². The van der Waals surface area contributed by atoms with Crippen molar-refractivity contribution in [1.29, 1.82) is 0 Å². The minimum absolute atomic E-state index is 0.254. The van der Waals surface area contributed by atoms with Crippen LogP contribution in [0.4, 0.5) is 0 Å². The van der Waals surface area contributed by atoms with Crippen molar-refractivity contribution in [2.75, 3.05) is 0 Å². The molecule has 128 valence electrons. The summed E-state index contributed by atoms with van der Waals surface area (Å²) in [6.07, 6.45) is 25.3. The van der Waals surface area contributed by atoms with Crippen LogP contribution >= 0.6 is 0 Å². The molecule has 0 saturated heterocycles. The molecule has 0 aliphatic carbocycles. The van der Waals surface area contributed by atoms with Crippen molar-refractivity contribution in [3.63, 3.8) is 0 Å². The third kappa shape index (κ3) is 18.9. The first-order valence-electron chi connectivity index (χ1n) is 9.29. The number of hydrogen-bond acceptors (Lipinski definition) is 1.